The lowest BCUT2D eigenvalue weighted by atomic mass is 9.90. The third-order valence-corrected chi connectivity index (χ3v) is 4.39. The van der Waals surface area contributed by atoms with E-state index < -0.39 is 0 Å². The maximum atomic E-state index is 5.82. The van der Waals surface area contributed by atoms with Crippen LogP contribution in [0.5, 0.6) is 0 Å². The molecule has 1 aliphatic rings. The predicted octanol–water partition coefficient (Wildman–Crippen LogP) is 3.46. The molecule has 0 heterocycles. The molecule has 0 aliphatic heterocycles. The Morgan fingerprint density at radius 1 is 1.16 bits per heavy atom. The molecule has 98 valence electrons. The SMILES string of the molecule is CN(c1ccc(C(N)=S)c2ccccc12)C1CCC1. The molecule has 0 spiro atoms. The van der Waals surface area contributed by atoms with Crippen LogP contribution < -0.4 is 10.6 Å². The van der Waals surface area contributed by atoms with E-state index in [9.17, 15) is 0 Å². The van der Waals surface area contributed by atoms with Crippen LogP contribution in [0.2, 0.25) is 0 Å². The summed E-state index contributed by atoms with van der Waals surface area (Å²) in [5.41, 5.74) is 8.07. The molecule has 0 saturated heterocycles. The van der Waals surface area contributed by atoms with Crippen LogP contribution >= 0.6 is 12.2 Å². The van der Waals surface area contributed by atoms with Gasteiger partial charge in [-0.25, -0.2) is 0 Å². The fraction of sp³-hybridized carbons (Fsp3) is 0.312. The minimum absolute atomic E-state index is 0.467. The molecule has 19 heavy (non-hydrogen) atoms. The van der Waals surface area contributed by atoms with Gasteiger partial charge >= 0.3 is 0 Å². The number of nitrogens with two attached hydrogens (primary N) is 1. The highest BCUT2D eigenvalue weighted by Gasteiger charge is 2.23. The zero-order valence-electron chi connectivity index (χ0n) is 11.1. The molecule has 0 atom stereocenters. The van der Waals surface area contributed by atoms with Gasteiger partial charge in [0.05, 0.1) is 0 Å². The molecule has 0 unspecified atom stereocenters. The second-order valence-electron chi connectivity index (χ2n) is 5.24. The molecule has 2 aromatic carbocycles. The van der Waals surface area contributed by atoms with Crippen molar-refractivity contribution >= 4 is 33.7 Å². The number of thiocarbonyl (C=S) groups is 1. The minimum Gasteiger partial charge on any atom is -0.389 e. The van der Waals surface area contributed by atoms with E-state index >= 15 is 0 Å². The predicted molar refractivity (Wildman–Crippen MR) is 85.9 cm³/mol. The fourth-order valence-corrected chi connectivity index (χ4v) is 2.95. The Bertz CT molecular complexity index is 632. The third kappa shape index (κ3) is 2.08. The van der Waals surface area contributed by atoms with Gasteiger partial charge in [0.2, 0.25) is 0 Å². The van der Waals surface area contributed by atoms with Crippen LogP contribution in [0.15, 0.2) is 36.4 Å². The van der Waals surface area contributed by atoms with E-state index in [-0.39, 0.29) is 0 Å². The van der Waals surface area contributed by atoms with Gasteiger partial charge in [0, 0.05) is 29.7 Å². The Kier molecular flexibility index (Phi) is 3.15. The molecule has 0 aromatic heterocycles. The summed E-state index contributed by atoms with van der Waals surface area (Å²) in [7, 11) is 2.19. The normalized spacial score (nSPS) is 15.2. The van der Waals surface area contributed by atoms with Gasteiger partial charge in [-0.1, -0.05) is 36.5 Å². The molecule has 2 N–H and O–H groups in total. The molecule has 2 nitrogen and oxygen atoms in total. The molecular weight excluding hydrogens is 252 g/mol. The largest absolute Gasteiger partial charge is 0.389 e. The number of fused-ring (bicyclic) bond motifs is 1. The Morgan fingerprint density at radius 3 is 2.42 bits per heavy atom. The van der Waals surface area contributed by atoms with Crippen LogP contribution in [-0.4, -0.2) is 18.1 Å². The van der Waals surface area contributed by atoms with Gasteiger partial charge < -0.3 is 10.6 Å². The van der Waals surface area contributed by atoms with Crippen molar-refractivity contribution in [1.29, 1.82) is 0 Å². The van der Waals surface area contributed by atoms with Crippen LogP contribution in [0.1, 0.15) is 24.8 Å². The minimum atomic E-state index is 0.467. The van der Waals surface area contributed by atoms with Gasteiger partial charge in [-0.2, -0.15) is 0 Å². The Balaban J connectivity index is 2.15. The molecule has 0 amide bonds. The summed E-state index contributed by atoms with van der Waals surface area (Å²) in [6.07, 6.45) is 3.93. The molecule has 2 aromatic rings. The van der Waals surface area contributed by atoms with Gasteiger partial charge in [0.1, 0.15) is 4.99 Å². The zero-order valence-corrected chi connectivity index (χ0v) is 11.9. The van der Waals surface area contributed by atoms with Crippen LogP contribution in [0.25, 0.3) is 10.8 Å². The molecule has 3 rings (SSSR count). The quantitative estimate of drug-likeness (QED) is 0.866. The Labute approximate surface area is 119 Å². The van der Waals surface area contributed by atoms with Gasteiger partial charge in [-0.15, -0.1) is 0 Å². The number of hydrogen-bond donors (Lipinski definition) is 1. The van der Waals surface area contributed by atoms with Crippen LogP contribution in [0, 0.1) is 0 Å². The monoisotopic (exact) mass is 270 g/mol. The summed E-state index contributed by atoms with van der Waals surface area (Å²) >= 11 is 5.15. The van der Waals surface area contributed by atoms with Crippen molar-refractivity contribution in [2.45, 2.75) is 25.3 Å². The van der Waals surface area contributed by atoms with E-state index in [1.165, 1.54) is 30.3 Å². The summed E-state index contributed by atoms with van der Waals surface area (Å²) in [6.45, 7) is 0. The molecule has 3 heteroatoms. The van der Waals surface area contributed by atoms with E-state index in [1.807, 2.05) is 6.07 Å². The molecule has 1 saturated carbocycles. The lowest BCUT2D eigenvalue weighted by Gasteiger charge is -2.37. The standard InChI is InChI=1S/C16H18N2S/c1-18(11-5-4-6-11)15-10-9-14(16(17)19)12-7-2-3-8-13(12)15/h2-3,7-11H,4-6H2,1H3,(H2,17,19). The fourth-order valence-electron chi connectivity index (χ4n) is 2.78. The van der Waals surface area contributed by atoms with Crippen molar-refractivity contribution in [3.8, 4) is 0 Å². The Hall–Kier alpha value is -1.61. The first kappa shape index (κ1) is 12.4. The summed E-state index contributed by atoms with van der Waals surface area (Å²) in [4.78, 5) is 2.86. The summed E-state index contributed by atoms with van der Waals surface area (Å²) in [6, 6.07) is 13.2. The highest BCUT2D eigenvalue weighted by atomic mass is 32.1. The molecule has 0 bridgehead atoms. The first-order valence-corrected chi connectivity index (χ1v) is 7.13. The zero-order chi connectivity index (χ0) is 13.4. The number of nitrogens with zero attached hydrogens (tertiary/aromatic N) is 1. The topological polar surface area (TPSA) is 29.3 Å². The van der Waals surface area contributed by atoms with Crippen molar-refractivity contribution in [2.24, 2.45) is 5.73 Å². The smallest absolute Gasteiger partial charge is 0.104 e. The summed E-state index contributed by atoms with van der Waals surface area (Å²) in [5.74, 6) is 0. The van der Waals surface area contributed by atoms with Crippen molar-refractivity contribution in [3.63, 3.8) is 0 Å². The van der Waals surface area contributed by atoms with E-state index in [0.717, 1.165) is 10.9 Å². The van der Waals surface area contributed by atoms with Gasteiger partial charge in [-0.05, 0) is 36.8 Å². The van der Waals surface area contributed by atoms with E-state index in [0.29, 0.717) is 11.0 Å². The van der Waals surface area contributed by atoms with Crippen molar-refractivity contribution < 1.29 is 0 Å². The summed E-state index contributed by atoms with van der Waals surface area (Å²) in [5, 5.41) is 2.39. The second kappa shape index (κ2) is 4.82. The van der Waals surface area contributed by atoms with Crippen molar-refractivity contribution in [1.82, 2.24) is 0 Å². The van der Waals surface area contributed by atoms with Crippen LogP contribution in [0.4, 0.5) is 5.69 Å². The lowest BCUT2D eigenvalue weighted by molar-refractivity contribution is 0.402. The highest BCUT2D eigenvalue weighted by molar-refractivity contribution is 7.80. The highest BCUT2D eigenvalue weighted by Crippen LogP contribution is 2.34. The number of hydrogen-bond acceptors (Lipinski definition) is 2. The van der Waals surface area contributed by atoms with Gasteiger partial charge in [0.25, 0.3) is 0 Å². The second-order valence-corrected chi connectivity index (χ2v) is 5.68. The summed E-state index contributed by atoms with van der Waals surface area (Å²) < 4.78 is 0. The average molecular weight is 270 g/mol. The first-order chi connectivity index (χ1) is 9.18. The maximum Gasteiger partial charge on any atom is 0.104 e. The molecule has 1 fully saturated rings. The van der Waals surface area contributed by atoms with E-state index in [4.69, 9.17) is 18.0 Å². The first-order valence-electron chi connectivity index (χ1n) is 6.73. The maximum absolute atomic E-state index is 5.82. The van der Waals surface area contributed by atoms with Crippen LogP contribution in [-0.2, 0) is 0 Å². The van der Waals surface area contributed by atoms with Crippen LogP contribution in [0.3, 0.4) is 0 Å². The number of benzene rings is 2. The van der Waals surface area contributed by atoms with Crippen molar-refractivity contribution in [3.05, 3.63) is 42.0 Å². The van der Waals surface area contributed by atoms with E-state index in [2.05, 4.69) is 42.3 Å². The molecular formula is C16H18N2S. The third-order valence-electron chi connectivity index (χ3n) is 4.17. The van der Waals surface area contributed by atoms with E-state index in [1.54, 1.807) is 0 Å². The lowest BCUT2D eigenvalue weighted by Crippen LogP contribution is -2.37. The van der Waals surface area contributed by atoms with Gasteiger partial charge in [-0.3, -0.25) is 0 Å². The molecule has 1 aliphatic carbocycles. The average Bonchev–Trinajstić information content (AvgIpc) is 2.35. The Morgan fingerprint density at radius 2 is 1.84 bits per heavy atom. The van der Waals surface area contributed by atoms with Gasteiger partial charge in [0.15, 0.2) is 0 Å². The van der Waals surface area contributed by atoms with Crippen molar-refractivity contribution in [2.75, 3.05) is 11.9 Å². The number of rotatable bonds is 3. The molecule has 0 radical (unpaired) electrons. The number of anilines is 1.